The lowest BCUT2D eigenvalue weighted by Gasteiger charge is -2.01. The number of nitrogens with two attached hydrogens (primary N) is 1. The SMILES string of the molecule is Cc1[nH]c(CCC(C)N)nc1-c1ccc(Cl)cc1. The number of rotatable bonds is 4. The zero-order valence-electron chi connectivity index (χ0n) is 10.7. The standard InChI is InChI=1S/C14H18ClN3/c1-9(16)3-8-13-17-10(2)14(18-13)11-4-6-12(15)7-5-11/h4-7,9H,3,8,16H2,1-2H3,(H,17,18). The molecule has 1 atom stereocenters. The molecule has 1 unspecified atom stereocenters. The van der Waals surface area contributed by atoms with Crippen molar-refractivity contribution >= 4 is 11.6 Å². The monoisotopic (exact) mass is 263 g/mol. The predicted molar refractivity (Wildman–Crippen MR) is 75.7 cm³/mol. The summed E-state index contributed by atoms with van der Waals surface area (Å²) in [6.45, 7) is 4.04. The quantitative estimate of drug-likeness (QED) is 0.889. The molecule has 0 saturated carbocycles. The van der Waals surface area contributed by atoms with Crippen LogP contribution in [0.4, 0.5) is 0 Å². The van der Waals surface area contributed by atoms with Gasteiger partial charge < -0.3 is 10.7 Å². The van der Waals surface area contributed by atoms with Gasteiger partial charge in [-0.05, 0) is 32.4 Å². The lowest BCUT2D eigenvalue weighted by Crippen LogP contribution is -2.15. The van der Waals surface area contributed by atoms with E-state index < -0.39 is 0 Å². The van der Waals surface area contributed by atoms with E-state index in [9.17, 15) is 0 Å². The van der Waals surface area contributed by atoms with Gasteiger partial charge in [-0.15, -0.1) is 0 Å². The second kappa shape index (κ2) is 5.55. The number of aromatic amines is 1. The molecule has 0 aliphatic carbocycles. The van der Waals surface area contributed by atoms with Crippen molar-refractivity contribution in [2.75, 3.05) is 0 Å². The molecule has 0 radical (unpaired) electrons. The van der Waals surface area contributed by atoms with Crippen molar-refractivity contribution in [3.63, 3.8) is 0 Å². The number of nitrogens with zero attached hydrogens (tertiary/aromatic N) is 1. The maximum Gasteiger partial charge on any atom is 0.107 e. The summed E-state index contributed by atoms with van der Waals surface area (Å²) in [5, 5.41) is 0.740. The highest BCUT2D eigenvalue weighted by Crippen LogP contribution is 2.23. The molecule has 1 heterocycles. The Balaban J connectivity index is 2.21. The minimum absolute atomic E-state index is 0.203. The Labute approximate surface area is 112 Å². The van der Waals surface area contributed by atoms with Gasteiger partial charge in [0.25, 0.3) is 0 Å². The third-order valence-corrected chi connectivity index (χ3v) is 3.14. The molecule has 2 rings (SSSR count). The smallest absolute Gasteiger partial charge is 0.107 e. The second-order valence-electron chi connectivity index (χ2n) is 4.68. The first-order valence-electron chi connectivity index (χ1n) is 6.13. The largest absolute Gasteiger partial charge is 0.346 e. The molecule has 0 bridgehead atoms. The molecule has 3 nitrogen and oxygen atoms in total. The fourth-order valence-corrected chi connectivity index (χ4v) is 2.02. The molecule has 0 aliphatic rings. The number of hydrogen-bond donors (Lipinski definition) is 2. The van der Waals surface area contributed by atoms with Gasteiger partial charge in [0.1, 0.15) is 5.82 Å². The number of aromatic nitrogens is 2. The van der Waals surface area contributed by atoms with E-state index in [-0.39, 0.29) is 6.04 Å². The molecule has 0 spiro atoms. The summed E-state index contributed by atoms with van der Waals surface area (Å²) >= 11 is 5.89. The van der Waals surface area contributed by atoms with Crippen molar-refractivity contribution in [3.05, 3.63) is 40.8 Å². The van der Waals surface area contributed by atoms with E-state index >= 15 is 0 Å². The Bertz CT molecular complexity index is 514. The highest BCUT2D eigenvalue weighted by atomic mass is 35.5. The molecule has 0 saturated heterocycles. The van der Waals surface area contributed by atoms with Crippen molar-refractivity contribution < 1.29 is 0 Å². The van der Waals surface area contributed by atoms with Crippen LogP contribution < -0.4 is 5.73 Å². The Morgan fingerprint density at radius 1 is 1.33 bits per heavy atom. The number of aryl methyl sites for hydroxylation is 2. The van der Waals surface area contributed by atoms with Gasteiger partial charge in [0.15, 0.2) is 0 Å². The van der Waals surface area contributed by atoms with Crippen molar-refractivity contribution in [3.8, 4) is 11.3 Å². The Morgan fingerprint density at radius 2 is 2.00 bits per heavy atom. The molecule has 0 fully saturated rings. The number of benzene rings is 1. The number of nitrogens with one attached hydrogen (secondary N) is 1. The molecular weight excluding hydrogens is 246 g/mol. The van der Waals surface area contributed by atoms with Crippen molar-refractivity contribution in [2.45, 2.75) is 32.7 Å². The fraction of sp³-hybridized carbons (Fsp3) is 0.357. The number of halogens is 1. The van der Waals surface area contributed by atoms with E-state index in [4.69, 9.17) is 17.3 Å². The minimum atomic E-state index is 0.203. The van der Waals surface area contributed by atoms with Gasteiger partial charge in [0.05, 0.1) is 5.69 Å². The Hall–Kier alpha value is -1.32. The molecular formula is C14H18ClN3. The number of H-pyrrole nitrogens is 1. The summed E-state index contributed by atoms with van der Waals surface area (Å²) in [5.41, 5.74) is 8.91. The summed E-state index contributed by atoms with van der Waals surface area (Å²) in [4.78, 5) is 7.94. The zero-order valence-corrected chi connectivity index (χ0v) is 11.5. The van der Waals surface area contributed by atoms with E-state index in [1.807, 2.05) is 38.1 Å². The number of imidazole rings is 1. The highest BCUT2D eigenvalue weighted by Gasteiger charge is 2.09. The van der Waals surface area contributed by atoms with Crippen LogP contribution in [-0.4, -0.2) is 16.0 Å². The van der Waals surface area contributed by atoms with Crippen LogP contribution in [0.15, 0.2) is 24.3 Å². The molecule has 0 amide bonds. The third-order valence-electron chi connectivity index (χ3n) is 2.89. The van der Waals surface area contributed by atoms with Gasteiger partial charge in [-0.1, -0.05) is 23.7 Å². The topological polar surface area (TPSA) is 54.7 Å². The first kappa shape index (κ1) is 13.1. The van der Waals surface area contributed by atoms with Gasteiger partial charge in [0, 0.05) is 28.7 Å². The third kappa shape index (κ3) is 3.12. The van der Waals surface area contributed by atoms with Crippen molar-refractivity contribution in [2.24, 2.45) is 5.73 Å². The maximum atomic E-state index is 5.89. The first-order chi connectivity index (χ1) is 8.56. The summed E-state index contributed by atoms with van der Waals surface area (Å²) in [6.07, 6.45) is 1.82. The Kier molecular flexibility index (Phi) is 4.04. The molecule has 3 N–H and O–H groups in total. The van der Waals surface area contributed by atoms with Gasteiger partial charge in [-0.2, -0.15) is 0 Å². The summed E-state index contributed by atoms with van der Waals surface area (Å²) in [6, 6.07) is 7.94. The second-order valence-corrected chi connectivity index (χ2v) is 5.12. The summed E-state index contributed by atoms with van der Waals surface area (Å²) < 4.78 is 0. The normalized spacial score (nSPS) is 12.7. The van der Waals surface area contributed by atoms with Crippen LogP contribution in [0.1, 0.15) is 24.9 Å². The average Bonchev–Trinajstić information content (AvgIpc) is 2.69. The van der Waals surface area contributed by atoms with Crippen LogP contribution in [0.3, 0.4) is 0 Å². The minimum Gasteiger partial charge on any atom is -0.346 e. The molecule has 18 heavy (non-hydrogen) atoms. The van der Waals surface area contributed by atoms with Gasteiger partial charge in [-0.3, -0.25) is 0 Å². The molecule has 4 heteroatoms. The van der Waals surface area contributed by atoms with Crippen LogP contribution in [0.5, 0.6) is 0 Å². The zero-order chi connectivity index (χ0) is 13.1. The van der Waals surface area contributed by atoms with Crippen LogP contribution in [0.25, 0.3) is 11.3 Å². The van der Waals surface area contributed by atoms with Crippen LogP contribution >= 0.6 is 11.6 Å². The van der Waals surface area contributed by atoms with Crippen molar-refractivity contribution in [1.82, 2.24) is 9.97 Å². The molecule has 2 aromatic rings. The van der Waals surface area contributed by atoms with Gasteiger partial charge in [-0.25, -0.2) is 4.98 Å². The summed E-state index contributed by atoms with van der Waals surface area (Å²) in [7, 11) is 0. The highest BCUT2D eigenvalue weighted by molar-refractivity contribution is 6.30. The van der Waals surface area contributed by atoms with Crippen LogP contribution in [-0.2, 0) is 6.42 Å². The lowest BCUT2D eigenvalue weighted by molar-refractivity contribution is 0.651. The van der Waals surface area contributed by atoms with Gasteiger partial charge in [0.2, 0.25) is 0 Å². The van der Waals surface area contributed by atoms with E-state index in [0.717, 1.165) is 40.6 Å². The molecule has 96 valence electrons. The average molecular weight is 264 g/mol. The van der Waals surface area contributed by atoms with Crippen molar-refractivity contribution in [1.29, 1.82) is 0 Å². The molecule has 1 aromatic carbocycles. The molecule has 1 aromatic heterocycles. The molecule has 0 aliphatic heterocycles. The van der Waals surface area contributed by atoms with E-state index in [2.05, 4.69) is 9.97 Å². The van der Waals surface area contributed by atoms with E-state index in [0.29, 0.717) is 0 Å². The van der Waals surface area contributed by atoms with Crippen LogP contribution in [0.2, 0.25) is 5.02 Å². The fourth-order valence-electron chi connectivity index (χ4n) is 1.89. The van der Waals surface area contributed by atoms with E-state index in [1.165, 1.54) is 0 Å². The Morgan fingerprint density at radius 3 is 2.61 bits per heavy atom. The maximum absolute atomic E-state index is 5.89. The summed E-state index contributed by atoms with van der Waals surface area (Å²) in [5.74, 6) is 0.995. The number of hydrogen-bond acceptors (Lipinski definition) is 2. The van der Waals surface area contributed by atoms with Crippen LogP contribution in [0, 0.1) is 6.92 Å². The van der Waals surface area contributed by atoms with Gasteiger partial charge >= 0.3 is 0 Å². The predicted octanol–water partition coefficient (Wildman–Crippen LogP) is 3.32. The first-order valence-corrected chi connectivity index (χ1v) is 6.51. The lowest BCUT2D eigenvalue weighted by atomic mass is 10.1. The van der Waals surface area contributed by atoms with E-state index in [1.54, 1.807) is 0 Å².